The lowest BCUT2D eigenvalue weighted by Gasteiger charge is -2.00. The molecule has 2 aromatic heterocycles. The topological polar surface area (TPSA) is 63.8 Å². The Balaban J connectivity index is 1.93. The van der Waals surface area contributed by atoms with Crippen molar-refractivity contribution in [3.05, 3.63) is 36.4 Å². The molecule has 5 heteroatoms. The highest BCUT2D eigenvalue weighted by Gasteiger charge is 2.01. The maximum absolute atomic E-state index is 5.44. The molecule has 5 nitrogen and oxygen atoms in total. The summed E-state index contributed by atoms with van der Waals surface area (Å²) in [6.07, 6.45) is 5.79. The van der Waals surface area contributed by atoms with Gasteiger partial charge in [0, 0.05) is 12.6 Å². The van der Waals surface area contributed by atoms with Crippen molar-refractivity contribution in [1.82, 2.24) is 15.0 Å². The molecule has 0 spiro atoms. The van der Waals surface area contributed by atoms with Crippen LogP contribution in [0.25, 0.3) is 0 Å². The van der Waals surface area contributed by atoms with Crippen molar-refractivity contribution in [2.24, 2.45) is 0 Å². The zero-order valence-electron chi connectivity index (χ0n) is 8.47. The molecule has 0 saturated heterocycles. The van der Waals surface area contributed by atoms with E-state index in [2.05, 4.69) is 20.3 Å². The van der Waals surface area contributed by atoms with Crippen molar-refractivity contribution >= 4 is 5.82 Å². The summed E-state index contributed by atoms with van der Waals surface area (Å²) in [4.78, 5) is 12.0. The van der Waals surface area contributed by atoms with Gasteiger partial charge in [-0.05, 0) is 6.07 Å². The maximum atomic E-state index is 5.44. The Kier molecular flexibility index (Phi) is 2.92. The van der Waals surface area contributed by atoms with Gasteiger partial charge in [-0.3, -0.25) is 0 Å². The Morgan fingerprint density at radius 2 is 2.33 bits per heavy atom. The minimum atomic E-state index is 0.539. The second-order valence-electron chi connectivity index (χ2n) is 3.02. The summed E-state index contributed by atoms with van der Waals surface area (Å²) < 4.78 is 5.44. The van der Waals surface area contributed by atoms with E-state index in [1.54, 1.807) is 18.5 Å². The molecule has 2 heterocycles. The molecule has 2 aromatic rings. The smallest absolute Gasteiger partial charge is 0.213 e. The van der Waals surface area contributed by atoms with Crippen LogP contribution in [-0.2, 0) is 13.0 Å². The van der Waals surface area contributed by atoms with Gasteiger partial charge in [0.2, 0.25) is 5.89 Å². The Hall–Kier alpha value is -1.91. The molecule has 78 valence electrons. The van der Waals surface area contributed by atoms with Crippen LogP contribution < -0.4 is 5.32 Å². The highest BCUT2D eigenvalue weighted by Crippen LogP contribution is 2.06. The van der Waals surface area contributed by atoms with Crippen LogP contribution in [0.5, 0.6) is 0 Å². The van der Waals surface area contributed by atoms with Crippen molar-refractivity contribution in [3.8, 4) is 0 Å². The summed E-state index contributed by atoms with van der Waals surface area (Å²) in [6.45, 7) is 2.57. The third kappa shape index (κ3) is 2.52. The number of nitrogens with one attached hydrogen (secondary N) is 1. The molecule has 0 amide bonds. The molecule has 0 aromatic carbocycles. The lowest BCUT2D eigenvalue weighted by molar-refractivity contribution is 0.465. The van der Waals surface area contributed by atoms with E-state index in [9.17, 15) is 0 Å². The monoisotopic (exact) mass is 204 g/mol. The van der Waals surface area contributed by atoms with E-state index in [1.807, 2.05) is 6.92 Å². The largest absolute Gasteiger partial charge is 0.444 e. The van der Waals surface area contributed by atoms with E-state index < -0.39 is 0 Å². The van der Waals surface area contributed by atoms with Crippen molar-refractivity contribution in [2.75, 3.05) is 5.32 Å². The first-order chi connectivity index (χ1) is 7.38. The molecule has 0 atom stereocenters. The molecular weight excluding hydrogens is 192 g/mol. The zero-order chi connectivity index (χ0) is 10.5. The standard InChI is InChI=1S/C10H12N4O/c1-2-8-5-13-10(15-8)6-12-9-3-4-11-7-14-9/h3-5,7H,2,6H2,1H3,(H,11,12,14). The summed E-state index contributed by atoms with van der Waals surface area (Å²) in [7, 11) is 0. The Morgan fingerprint density at radius 3 is 3.00 bits per heavy atom. The van der Waals surface area contributed by atoms with E-state index >= 15 is 0 Å². The minimum absolute atomic E-state index is 0.539. The van der Waals surface area contributed by atoms with Crippen LogP contribution in [0.3, 0.4) is 0 Å². The van der Waals surface area contributed by atoms with Crippen LogP contribution in [-0.4, -0.2) is 15.0 Å². The number of aryl methyl sites for hydroxylation is 1. The van der Waals surface area contributed by atoms with Crippen molar-refractivity contribution < 1.29 is 4.42 Å². The fourth-order valence-corrected chi connectivity index (χ4v) is 1.15. The highest BCUT2D eigenvalue weighted by atomic mass is 16.4. The first-order valence-electron chi connectivity index (χ1n) is 4.82. The van der Waals surface area contributed by atoms with Crippen LogP contribution in [0.2, 0.25) is 0 Å². The van der Waals surface area contributed by atoms with Crippen LogP contribution in [0.4, 0.5) is 5.82 Å². The fraction of sp³-hybridized carbons (Fsp3) is 0.300. The number of rotatable bonds is 4. The number of oxazole rings is 1. The summed E-state index contributed by atoms with van der Waals surface area (Å²) >= 11 is 0. The zero-order valence-corrected chi connectivity index (χ0v) is 8.47. The summed E-state index contributed by atoms with van der Waals surface area (Å²) in [5, 5.41) is 3.09. The van der Waals surface area contributed by atoms with Crippen LogP contribution in [0, 0.1) is 0 Å². The van der Waals surface area contributed by atoms with Crippen LogP contribution in [0.15, 0.2) is 29.2 Å². The lowest BCUT2D eigenvalue weighted by Crippen LogP contribution is -2.01. The van der Waals surface area contributed by atoms with Crippen molar-refractivity contribution in [1.29, 1.82) is 0 Å². The highest BCUT2D eigenvalue weighted by molar-refractivity contribution is 5.31. The average molecular weight is 204 g/mol. The molecule has 0 bridgehead atoms. The predicted molar refractivity (Wildman–Crippen MR) is 55.2 cm³/mol. The average Bonchev–Trinajstić information content (AvgIpc) is 2.76. The fourth-order valence-electron chi connectivity index (χ4n) is 1.15. The van der Waals surface area contributed by atoms with Gasteiger partial charge in [-0.15, -0.1) is 0 Å². The lowest BCUT2D eigenvalue weighted by atomic mass is 10.4. The van der Waals surface area contributed by atoms with E-state index in [-0.39, 0.29) is 0 Å². The predicted octanol–water partition coefficient (Wildman–Crippen LogP) is 1.64. The SMILES string of the molecule is CCc1cnc(CNc2ccncn2)o1. The molecule has 0 aliphatic heterocycles. The Bertz CT molecular complexity index is 412. The normalized spacial score (nSPS) is 10.2. The molecule has 0 saturated carbocycles. The van der Waals surface area contributed by atoms with Gasteiger partial charge < -0.3 is 9.73 Å². The summed E-state index contributed by atoms with van der Waals surface area (Å²) in [5.41, 5.74) is 0. The molecule has 15 heavy (non-hydrogen) atoms. The van der Waals surface area contributed by atoms with E-state index in [0.717, 1.165) is 18.0 Å². The van der Waals surface area contributed by atoms with Crippen LogP contribution >= 0.6 is 0 Å². The first-order valence-corrected chi connectivity index (χ1v) is 4.82. The first kappa shape index (κ1) is 9.64. The van der Waals surface area contributed by atoms with Gasteiger partial charge in [0.15, 0.2) is 0 Å². The van der Waals surface area contributed by atoms with E-state index in [0.29, 0.717) is 12.4 Å². The summed E-state index contributed by atoms with van der Waals surface area (Å²) in [6, 6.07) is 1.80. The van der Waals surface area contributed by atoms with Gasteiger partial charge in [0.25, 0.3) is 0 Å². The molecular formula is C10H12N4O. The minimum Gasteiger partial charge on any atom is -0.444 e. The van der Waals surface area contributed by atoms with Gasteiger partial charge in [-0.2, -0.15) is 0 Å². The van der Waals surface area contributed by atoms with Crippen molar-refractivity contribution in [3.63, 3.8) is 0 Å². The molecule has 0 aliphatic carbocycles. The second kappa shape index (κ2) is 4.54. The quantitative estimate of drug-likeness (QED) is 0.820. The number of anilines is 1. The van der Waals surface area contributed by atoms with Gasteiger partial charge >= 0.3 is 0 Å². The van der Waals surface area contributed by atoms with E-state index in [1.165, 1.54) is 6.33 Å². The van der Waals surface area contributed by atoms with Gasteiger partial charge in [-0.1, -0.05) is 6.92 Å². The van der Waals surface area contributed by atoms with Gasteiger partial charge in [0.05, 0.1) is 12.7 Å². The Morgan fingerprint density at radius 1 is 1.40 bits per heavy atom. The molecule has 0 radical (unpaired) electrons. The summed E-state index contributed by atoms with van der Waals surface area (Å²) in [5.74, 6) is 2.33. The van der Waals surface area contributed by atoms with Crippen LogP contribution in [0.1, 0.15) is 18.6 Å². The van der Waals surface area contributed by atoms with E-state index in [4.69, 9.17) is 4.42 Å². The Labute approximate surface area is 87.6 Å². The maximum Gasteiger partial charge on any atom is 0.213 e. The molecule has 0 fully saturated rings. The molecule has 0 aliphatic rings. The number of aromatic nitrogens is 3. The third-order valence-corrected chi connectivity index (χ3v) is 1.95. The van der Waals surface area contributed by atoms with Crippen molar-refractivity contribution in [2.45, 2.75) is 19.9 Å². The molecule has 1 N–H and O–H groups in total. The number of hydrogen-bond acceptors (Lipinski definition) is 5. The second-order valence-corrected chi connectivity index (χ2v) is 3.02. The van der Waals surface area contributed by atoms with Gasteiger partial charge in [-0.25, -0.2) is 15.0 Å². The molecule has 0 unspecified atom stereocenters. The number of nitrogens with zero attached hydrogens (tertiary/aromatic N) is 3. The van der Waals surface area contributed by atoms with Gasteiger partial charge in [0.1, 0.15) is 17.9 Å². The number of hydrogen-bond donors (Lipinski definition) is 1. The third-order valence-electron chi connectivity index (χ3n) is 1.95. The molecule has 2 rings (SSSR count).